The van der Waals surface area contributed by atoms with Gasteiger partial charge in [-0.05, 0) is 30.3 Å². The Morgan fingerprint density at radius 3 is 2.30 bits per heavy atom. The molecule has 2 nitrogen and oxygen atoms in total. The van der Waals surface area contributed by atoms with Gasteiger partial charge >= 0.3 is 0 Å². The molecule has 0 spiro atoms. The van der Waals surface area contributed by atoms with E-state index in [2.05, 4.69) is 0 Å². The molecule has 0 N–H and O–H groups in total. The Balaban J connectivity index is 2.23. The van der Waals surface area contributed by atoms with Crippen molar-refractivity contribution in [2.24, 2.45) is 0 Å². The third kappa shape index (κ3) is 3.11. The summed E-state index contributed by atoms with van der Waals surface area (Å²) in [4.78, 5) is 10.4. The van der Waals surface area contributed by atoms with Crippen LogP contribution in [-0.4, -0.2) is 6.29 Å². The summed E-state index contributed by atoms with van der Waals surface area (Å²) in [5.74, 6) is -3.33. The van der Waals surface area contributed by atoms with Crippen molar-refractivity contribution >= 4 is 17.9 Å². The van der Waals surface area contributed by atoms with E-state index in [0.717, 1.165) is 18.2 Å². The SMILES string of the molecule is O=Cc1cc(F)c(OCc2cc(Cl)ccc2F)c(F)c1. The zero-order chi connectivity index (χ0) is 14.7. The molecule has 2 aromatic rings. The van der Waals surface area contributed by atoms with Crippen LogP contribution in [0.3, 0.4) is 0 Å². The number of carbonyl (C=O) groups is 1. The molecule has 0 fully saturated rings. The molecular formula is C14H8ClF3O2. The Kier molecular flexibility index (Phi) is 4.29. The molecular weight excluding hydrogens is 293 g/mol. The third-order valence-electron chi connectivity index (χ3n) is 2.54. The average Bonchev–Trinajstić information content (AvgIpc) is 2.41. The van der Waals surface area contributed by atoms with E-state index in [0.29, 0.717) is 6.29 Å². The Morgan fingerprint density at radius 2 is 1.70 bits per heavy atom. The van der Waals surface area contributed by atoms with Crippen molar-refractivity contribution in [1.29, 1.82) is 0 Å². The summed E-state index contributed by atoms with van der Waals surface area (Å²) in [6, 6.07) is 5.44. The van der Waals surface area contributed by atoms with E-state index in [1.165, 1.54) is 12.1 Å². The lowest BCUT2D eigenvalue weighted by molar-refractivity contribution is 0.112. The number of halogens is 4. The van der Waals surface area contributed by atoms with Crippen molar-refractivity contribution in [1.82, 2.24) is 0 Å². The summed E-state index contributed by atoms with van der Waals surface area (Å²) in [7, 11) is 0. The maximum absolute atomic E-state index is 13.5. The molecule has 0 atom stereocenters. The van der Waals surface area contributed by atoms with E-state index in [1.807, 2.05) is 0 Å². The average molecular weight is 301 g/mol. The van der Waals surface area contributed by atoms with Gasteiger partial charge < -0.3 is 4.74 Å². The summed E-state index contributed by atoms with van der Waals surface area (Å²) in [6.45, 7) is -0.388. The fraction of sp³-hybridized carbons (Fsp3) is 0.0714. The van der Waals surface area contributed by atoms with Gasteiger partial charge in [0.1, 0.15) is 18.7 Å². The van der Waals surface area contributed by atoms with E-state index in [-0.39, 0.29) is 22.8 Å². The molecule has 0 aliphatic heterocycles. The molecule has 0 saturated carbocycles. The normalized spacial score (nSPS) is 10.4. The monoisotopic (exact) mass is 300 g/mol. The van der Waals surface area contributed by atoms with Crippen LogP contribution in [0.4, 0.5) is 13.2 Å². The highest BCUT2D eigenvalue weighted by atomic mass is 35.5. The molecule has 20 heavy (non-hydrogen) atoms. The van der Waals surface area contributed by atoms with Gasteiger partial charge in [-0.2, -0.15) is 0 Å². The molecule has 0 unspecified atom stereocenters. The maximum Gasteiger partial charge on any atom is 0.191 e. The zero-order valence-corrected chi connectivity index (χ0v) is 10.8. The summed E-state index contributed by atoms with van der Waals surface area (Å²) in [5.41, 5.74) is -0.0861. The minimum Gasteiger partial charge on any atom is -0.483 e. The van der Waals surface area contributed by atoms with E-state index < -0.39 is 23.2 Å². The molecule has 0 bridgehead atoms. The molecule has 0 aromatic heterocycles. The molecule has 0 saturated heterocycles. The summed E-state index contributed by atoms with van der Waals surface area (Å²) in [5, 5.41) is 0.280. The van der Waals surface area contributed by atoms with E-state index in [9.17, 15) is 18.0 Å². The predicted molar refractivity (Wildman–Crippen MR) is 67.5 cm³/mol. The molecule has 0 aliphatic carbocycles. The number of hydrogen-bond acceptors (Lipinski definition) is 2. The summed E-state index contributed by atoms with van der Waals surface area (Å²) >= 11 is 5.69. The van der Waals surface area contributed by atoms with Gasteiger partial charge in [0.15, 0.2) is 17.4 Å². The Hall–Kier alpha value is -2.01. The standard InChI is InChI=1S/C14H8ClF3O2/c15-10-1-2-11(16)9(5-10)7-20-14-12(17)3-8(6-19)4-13(14)18/h1-6H,7H2. The van der Waals surface area contributed by atoms with Gasteiger partial charge in [-0.1, -0.05) is 11.6 Å². The van der Waals surface area contributed by atoms with Gasteiger partial charge in [-0.15, -0.1) is 0 Å². The van der Waals surface area contributed by atoms with E-state index in [4.69, 9.17) is 16.3 Å². The lowest BCUT2D eigenvalue weighted by atomic mass is 10.2. The Bertz CT molecular complexity index is 636. The van der Waals surface area contributed by atoms with Crippen LogP contribution in [0.15, 0.2) is 30.3 Å². The number of rotatable bonds is 4. The lowest BCUT2D eigenvalue weighted by Crippen LogP contribution is -2.03. The highest BCUT2D eigenvalue weighted by Crippen LogP contribution is 2.25. The van der Waals surface area contributed by atoms with Gasteiger partial charge in [0, 0.05) is 16.1 Å². The molecule has 104 valence electrons. The smallest absolute Gasteiger partial charge is 0.191 e. The molecule has 2 rings (SSSR count). The van der Waals surface area contributed by atoms with Crippen molar-refractivity contribution < 1.29 is 22.7 Å². The van der Waals surface area contributed by atoms with Crippen LogP contribution in [0.5, 0.6) is 5.75 Å². The van der Waals surface area contributed by atoms with Crippen LogP contribution in [0.25, 0.3) is 0 Å². The number of ether oxygens (including phenoxy) is 1. The first-order valence-corrected chi connectivity index (χ1v) is 5.90. The molecule has 2 aromatic carbocycles. The van der Waals surface area contributed by atoms with Crippen LogP contribution in [0.1, 0.15) is 15.9 Å². The van der Waals surface area contributed by atoms with E-state index in [1.54, 1.807) is 0 Å². The Labute approximate surface area is 117 Å². The van der Waals surface area contributed by atoms with Gasteiger partial charge in [-0.25, -0.2) is 13.2 Å². The number of carbonyl (C=O) groups excluding carboxylic acids is 1. The van der Waals surface area contributed by atoms with Crippen molar-refractivity contribution in [3.05, 3.63) is 63.9 Å². The van der Waals surface area contributed by atoms with Crippen LogP contribution in [-0.2, 0) is 6.61 Å². The second-order valence-electron chi connectivity index (χ2n) is 3.96. The first-order chi connectivity index (χ1) is 9.51. The van der Waals surface area contributed by atoms with Crippen molar-refractivity contribution in [2.45, 2.75) is 6.61 Å². The fourth-order valence-electron chi connectivity index (χ4n) is 1.59. The van der Waals surface area contributed by atoms with Crippen molar-refractivity contribution in [3.8, 4) is 5.75 Å². The predicted octanol–water partition coefficient (Wildman–Crippen LogP) is 4.15. The third-order valence-corrected chi connectivity index (χ3v) is 2.77. The van der Waals surface area contributed by atoms with E-state index >= 15 is 0 Å². The molecule has 0 amide bonds. The molecule has 0 radical (unpaired) electrons. The maximum atomic E-state index is 13.5. The highest BCUT2D eigenvalue weighted by molar-refractivity contribution is 6.30. The van der Waals surface area contributed by atoms with Gasteiger partial charge in [0.2, 0.25) is 0 Å². The van der Waals surface area contributed by atoms with Crippen LogP contribution >= 0.6 is 11.6 Å². The number of hydrogen-bond donors (Lipinski definition) is 0. The first-order valence-electron chi connectivity index (χ1n) is 5.52. The fourth-order valence-corrected chi connectivity index (χ4v) is 1.78. The lowest BCUT2D eigenvalue weighted by Gasteiger charge is -2.09. The number of aldehydes is 1. The largest absolute Gasteiger partial charge is 0.483 e. The van der Waals surface area contributed by atoms with Gasteiger partial charge in [0.05, 0.1) is 0 Å². The minimum atomic E-state index is -1.03. The first kappa shape index (κ1) is 14.4. The topological polar surface area (TPSA) is 26.3 Å². The van der Waals surface area contributed by atoms with Crippen LogP contribution in [0.2, 0.25) is 5.02 Å². The number of benzene rings is 2. The van der Waals surface area contributed by atoms with Crippen LogP contribution in [0, 0.1) is 17.5 Å². The van der Waals surface area contributed by atoms with Crippen LogP contribution < -0.4 is 4.74 Å². The minimum absolute atomic E-state index is 0.0655. The second kappa shape index (κ2) is 5.96. The summed E-state index contributed by atoms with van der Waals surface area (Å²) in [6.07, 6.45) is 0.312. The zero-order valence-electron chi connectivity index (χ0n) is 10.00. The second-order valence-corrected chi connectivity index (χ2v) is 4.39. The molecule has 6 heteroatoms. The highest BCUT2D eigenvalue weighted by Gasteiger charge is 2.14. The van der Waals surface area contributed by atoms with Crippen molar-refractivity contribution in [2.75, 3.05) is 0 Å². The van der Waals surface area contributed by atoms with Gasteiger partial charge in [0.25, 0.3) is 0 Å². The molecule has 0 aliphatic rings. The molecule has 0 heterocycles. The van der Waals surface area contributed by atoms with Gasteiger partial charge in [-0.3, -0.25) is 4.79 Å². The van der Waals surface area contributed by atoms with Crippen molar-refractivity contribution in [3.63, 3.8) is 0 Å². The Morgan fingerprint density at radius 1 is 1.05 bits per heavy atom. The summed E-state index contributed by atoms with van der Waals surface area (Å²) < 4.78 is 45.4. The quantitative estimate of drug-likeness (QED) is 0.793.